The molecule has 0 aliphatic carbocycles. The van der Waals surface area contributed by atoms with Gasteiger partial charge in [-0.3, -0.25) is 0 Å². The number of aryl methyl sites for hydroxylation is 1. The lowest BCUT2D eigenvalue weighted by Gasteiger charge is -2.32. The van der Waals surface area contributed by atoms with E-state index in [1.54, 1.807) is 12.1 Å². The number of hydrogen-bond donors (Lipinski definition) is 1. The van der Waals surface area contributed by atoms with Crippen LogP contribution in [0.3, 0.4) is 0 Å². The van der Waals surface area contributed by atoms with E-state index in [4.69, 9.17) is 4.74 Å². The van der Waals surface area contributed by atoms with Gasteiger partial charge in [0, 0.05) is 19.1 Å². The minimum Gasteiger partial charge on any atom is -0.444 e. The molecule has 1 amide bonds. The van der Waals surface area contributed by atoms with E-state index >= 15 is 0 Å². The second-order valence-electron chi connectivity index (χ2n) is 7.72. The molecule has 2 rings (SSSR count). The van der Waals surface area contributed by atoms with Gasteiger partial charge in [0.05, 0.1) is 4.90 Å². The van der Waals surface area contributed by atoms with Gasteiger partial charge in [-0.25, -0.2) is 13.2 Å². The fraction of sp³-hybridized carbons (Fsp3) is 0.632. The monoisotopic (exact) mass is 382 g/mol. The third-order valence-corrected chi connectivity index (χ3v) is 6.19. The van der Waals surface area contributed by atoms with Crippen LogP contribution in [0.4, 0.5) is 4.79 Å². The number of alkyl carbamates (subject to hydrolysis) is 1. The summed E-state index contributed by atoms with van der Waals surface area (Å²) in [5.41, 5.74) is 0.602. The van der Waals surface area contributed by atoms with Crippen LogP contribution < -0.4 is 5.32 Å². The van der Waals surface area contributed by atoms with Crippen LogP contribution in [0.25, 0.3) is 0 Å². The second-order valence-corrected chi connectivity index (χ2v) is 9.66. The molecule has 7 heteroatoms. The lowest BCUT2D eigenvalue weighted by atomic mass is 10.1. The molecule has 1 aromatic carbocycles. The van der Waals surface area contributed by atoms with Crippen molar-refractivity contribution >= 4 is 16.1 Å². The van der Waals surface area contributed by atoms with Crippen molar-refractivity contribution in [2.75, 3.05) is 13.1 Å². The number of amides is 1. The fourth-order valence-electron chi connectivity index (χ4n) is 2.98. The van der Waals surface area contributed by atoms with E-state index in [1.807, 2.05) is 32.9 Å². The molecular formula is C19H30N2O4S. The summed E-state index contributed by atoms with van der Waals surface area (Å²) in [6, 6.07) is 7.07. The molecule has 1 N–H and O–H groups in total. The van der Waals surface area contributed by atoms with Crippen LogP contribution in [0, 0.1) is 0 Å². The average Bonchev–Trinajstić information content (AvgIpc) is 2.54. The lowest BCUT2D eigenvalue weighted by Crippen LogP contribution is -2.47. The molecule has 6 nitrogen and oxygen atoms in total. The minimum atomic E-state index is -3.49. The smallest absolute Gasteiger partial charge is 0.407 e. The first-order chi connectivity index (χ1) is 12.1. The van der Waals surface area contributed by atoms with Gasteiger partial charge in [-0.05, 0) is 57.7 Å². The number of sulfonamides is 1. The highest BCUT2D eigenvalue weighted by molar-refractivity contribution is 7.89. The molecule has 0 spiro atoms. The molecule has 1 aliphatic rings. The minimum absolute atomic E-state index is 0.0665. The number of carbonyl (C=O) groups excluding carboxylic acids is 1. The SMILES string of the molecule is CCCc1ccc(S(=O)(=O)N2CCC(NC(=O)OC(C)(C)C)CC2)cc1. The van der Waals surface area contributed by atoms with Crippen LogP contribution >= 0.6 is 0 Å². The number of piperidine rings is 1. The van der Waals surface area contributed by atoms with Gasteiger partial charge in [0.25, 0.3) is 0 Å². The summed E-state index contributed by atoms with van der Waals surface area (Å²) in [7, 11) is -3.49. The van der Waals surface area contributed by atoms with Crippen LogP contribution in [0.1, 0.15) is 52.5 Å². The number of nitrogens with one attached hydrogen (secondary N) is 1. The van der Waals surface area contributed by atoms with Crippen molar-refractivity contribution in [1.82, 2.24) is 9.62 Å². The third kappa shape index (κ3) is 5.71. The van der Waals surface area contributed by atoms with Crippen molar-refractivity contribution in [1.29, 1.82) is 0 Å². The summed E-state index contributed by atoms with van der Waals surface area (Å²) in [6.45, 7) is 8.31. The summed E-state index contributed by atoms with van der Waals surface area (Å²) in [6.07, 6.45) is 2.68. The van der Waals surface area contributed by atoms with Crippen molar-refractivity contribution in [3.05, 3.63) is 29.8 Å². The summed E-state index contributed by atoms with van der Waals surface area (Å²) >= 11 is 0. The van der Waals surface area contributed by atoms with Gasteiger partial charge < -0.3 is 10.1 Å². The molecule has 0 unspecified atom stereocenters. The Balaban J connectivity index is 1.92. The first-order valence-corrected chi connectivity index (χ1v) is 10.6. The zero-order valence-electron chi connectivity index (χ0n) is 16.1. The number of hydrogen-bond acceptors (Lipinski definition) is 4. The van der Waals surface area contributed by atoms with Gasteiger partial charge in [0.1, 0.15) is 5.60 Å². The topological polar surface area (TPSA) is 75.7 Å². The normalized spacial score (nSPS) is 17.1. The van der Waals surface area contributed by atoms with Gasteiger partial charge in [-0.1, -0.05) is 25.5 Å². The standard InChI is InChI=1S/C19H30N2O4S/c1-5-6-15-7-9-17(10-8-15)26(23,24)21-13-11-16(12-14-21)20-18(22)25-19(2,3)4/h7-10,16H,5-6,11-14H2,1-4H3,(H,20,22). The molecule has 0 aromatic heterocycles. The van der Waals surface area contributed by atoms with Gasteiger partial charge in [-0.2, -0.15) is 4.31 Å². The molecule has 1 fully saturated rings. The molecule has 1 aliphatic heterocycles. The molecule has 0 bridgehead atoms. The lowest BCUT2D eigenvalue weighted by molar-refractivity contribution is 0.0489. The quantitative estimate of drug-likeness (QED) is 0.848. The van der Waals surface area contributed by atoms with Crippen molar-refractivity contribution in [3.63, 3.8) is 0 Å². The number of benzene rings is 1. The van der Waals surface area contributed by atoms with Gasteiger partial charge in [0.2, 0.25) is 10.0 Å². The maximum absolute atomic E-state index is 12.8. The second kappa shape index (κ2) is 8.39. The Morgan fingerprint density at radius 1 is 1.19 bits per heavy atom. The van der Waals surface area contributed by atoms with E-state index in [0.717, 1.165) is 18.4 Å². The molecule has 0 saturated carbocycles. The summed E-state index contributed by atoms with van der Waals surface area (Å²) in [4.78, 5) is 12.2. The van der Waals surface area contributed by atoms with Crippen molar-refractivity contribution in [2.24, 2.45) is 0 Å². The number of ether oxygens (including phenoxy) is 1. The Kier molecular flexibility index (Phi) is 6.69. The van der Waals surface area contributed by atoms with Crippen LogP contribution in [-0.4, -0.2) is 43.5 Å². The number of nitrogens with zero attached hydrogens (tertiary/aromatic N) is 1. The van der Waals surface area contributed by atoms with Gasteiger partial charge in [-0.15, -0.1) is 0 Å². The molecule has 146 valence electrons. The molecule has 0 radical (unpaired) electrons. The van der Waals surface area contributed by atoms with Crippen LogP contribution in [-0.2, 0) is 21.2 Å². The Hall–Kier alpha value is -1.60. The zero-order valence-corrected chi connectivity index (χ0v) is 16.9. The fourth-order valence-corrected chi connectivity index (χ4v) is 4.45. The summed E-state index contributed by atoms with van der Waals surface area (Å²) in [5.74, 6) is 0. The molecule has 1 saturated heterocycles. The summed E-state index contributed by atoms with van der Waals surface area (Å²) < 4.78 is 32.3. The third-order valence-electron chi connectivity index (χ3n) is 4.27. The maximum Gasteiger partial charge on any atom is 0.407 e. The van der Waals surface area contributed by atoms with E-state index < -0.39 is 21.7 Å². The van der Waals surface area contributed by atoms with E-state index in [-0.39, 0.29) is 6.04 Å². The Labute approximate surface area is 157 Å². The first kappa shape index (κ1) is 20.7. The predicted octanol–water partition coefficient (Wildman–Crippen LogP) is 3.32. The maximum atomic E-state index is 12.8. The molecule has 1 heterocycles. The number of rotatable bonds is 5. The van der Waals surface area contributed by atoms with E-state index in [9.17, 15) is 13.2 Å². The first-order valence-electron chi connectivity index (χ1n) is 9.20. The molecule has 1 aromatic rings. The Bertz CT molecular complexity index is 700. The van der Waals surface area contributed by atoms with Crippen LogP contribution in [0.5, 0.6) is 0 Å². The van der Waals surface area contributed by atoms with E-state index in [1.165, 1.54) is 4.31 Å². The largest absolute Gasteiger partial charge is 0.444 e. The highest BCUT2D eigenvalue weighted by Gasteiger charge is 2.30. The predicted molar refractivity (Wildman–Crippen MR) is 102 cm³/mol. The highest BCUT2D eigenvalue weighted by Crippen LogP contribution is 2.22. The highest BCUT2D eigenvalue weighted by atomic mass is 32.2. The molecule has 26 heavy (non-hydrogen) atoms. The van der Waals surface area contributed by atoms with Crippen LogP contribution in [0.15, 0.2) is 29.2 Å². The van der Waals surface area contributed by atoms with Crippen molar-refractivity contribution in [3.8, 4) is 0 Å². The van der Waals surface area contributed by atoms with Crippen molar-refractivity contribution < 1.29 is 17.9 Å². The van der Waals surface area contributed by atoms with Gasteiger partial charge >= 0.3 is 6.09 Å². The summed E-state index contributed by atoms with van der Waals surface area (Å²) in [5, 5.41) is 2.83. The zero-order chi connectivity index (χ0) is 19.4. The van der Waals surface area contributed by atoms with E-state index in [2.05, 4.69) is 12.2 Å². The van der Waals surface area contributed by atoms with Gasteiger partial charge in [0.15, 0.2) is 0 Å². The number of carbonyl (C=O) groups is 1. The van der Waals surface area contributed by atoms with Crippen molar-refractivity contribution in [2.45, 2.75) is 69.9 Å². The molecule has 0 atom stereocenters. The van der Waals surface area contributed by atoms with Crippen LogP contribution in [0.2, 0.25) is 0 Å². The Morgan fingerprint density at radius 3 is 2.27 bits per heavy atom. The average molecular weight is 383 g/mol. The van der Waals surface area contributed by atoms with E-state index in [0.29, 0.717) is 30.8 Å². The molecular weight excluding hydrogens is 352 g/mol. The Morgan fingerprint density at radius 2 is 1.77 bits per heavy atom.